The van der Waals surface area contributed by atoms with Gasteiger partial charge in [0.05, 0.1) is 31.6 Å². The van der Waals surface area contributed by atoms with Gasteiger partial charge in [0.2, 0.25) is 11.8 Å². The maximum Gasteiger partial charge on any atom is 0.239 e. The number of benzene rings is 2. The Morgan fingerprint density at radius 3 is 2.25 bits per heavy atom. The van der Waals surface area contributed by atoms with Gasteiger partial charge in [0, 0.05) is 11.8 Å². The van der Waals surface area contributed by atoms with Gasteiger partial charge in [0.1, 0.15) is 17.4 Å². The van der Waals surface area contributed by atoms with Crippen molar-refractivity contribution < 1.29 is 18.7 Å². The van der Waals surface area contributed by atoms with Gasteiger partial charge in [0.15, 0.2) is 0 Å². The highest BCUT2D eigenvalue weighted by atomic mass is 19.1. The van der Waals surface area contributed by atoms with Crippen LogP contribution in [0.15, 0.2) is 54.6 Å². The van der Waals surface area contributed by atoms with Crippen LogP contribution in [-0.4, -0.2) is 53.2 Å². The number of anilines is 2. The summed E-state index contributed by atoms with van der Waals surface area (Å²) in [5.74, 6) is 0.307. The molecule has 0 atom stereocenters. The van der Waals surface area contributed by atoms with Gasteiger partial charge < -0.3 is 15.4 Å². The molecule has 0 aliphatic carbocycles. The molecule has 0 fully saturated rings. The lowest BCUT2D eigenvalue weighted by atomic mass is 10.3. The van der Waals surface area contributed by atoms with Crippen LogP contribution in [0.25, 0.3) is 5.69 Å². The summed E-state index contributed by atoms with van der Waals surface area (Å²) in [5, 5.41) is 10.00. The van der Waals surface area contributed by atoms with Gasteiger partial charge >= 0.3 is 0 Å². The second-order valence-corrected chi connectivity index (χ2v) is 7.19. The van der Waals surface area contributed by atoms with Crippen LogP contribution in [-0.2, 0) is 9.59 Å². The monoisotopic (exact) mass is 439 g/mol. The predicted octanol–water partition coefficient (Wildman–Crippen LogP) is 3.23. The first-order chi connectivity index (χ1) is 15.4. The normalized spacial score (nSPS) is 10.8. The van der Waals surface area contributed by atoms with Gasteiger partial charge in [-0.15, -0.1) is 0 Å². The molecule has 168 valence electrons. The number of likely N-dealkylation sites (N-methyl/N-ethyl adjacent to an activating group) is 1. The molecule has 2 aromatic carbocycles. The first-order valence-corrected chi connectivity index (χ1v) is 10.2. The molecule has 2 amide bonds. The zero-order chi connectivity index (χ0) is 23.1. The lowest BCUT2D eigenvalue weighted by Gasteiger charge is -2.19. The van der Waals surface area contributed by atoms with Gasteiger partial charge in [-0.3, -0.25) is 14.5 Å². The third-order valence-corrected chi connectivity index (χ3v) is 4.73. The first-order valence-electron chi connectivity index (χ1n) is 10.2. The molecule has 0 saturated heterocycles. The van der Waals surface area contributed by atoms with Gasteiger partial charge in [-0.25, -0.2) is 9.07 Å². The highest BCUT2D eigenvalue weighted by molar-refractivity contribution is 5.94. The summed E-state index contributed by atoms with van der Waals surface area (Å²) in [4.78, 5) is 26.7. The first kappa shape index (κ1) is 23.0. The molecule has 9 heteroatoms. The average molecular weight is 439 g/mol. The molecule has 0 aliphatic heterocycles. The van der Waals surface area contributed by atoms with Crippen molar-refractivity contribution in [1.82, 2.24) is 14.7 Å². The number of methoxy groups -OCH3 is 1. The number of carbonyl (C=O) groups excluding carboxylic acids is 2. The number of ether oxygens (including phenoxy) is 1. The number of hydrogen-bond donors (Lipinski definition) is 2. The SMILES string of the molecule is CCN(CC(=O)Nc1ccc(OC)cc1)CC(=O)Nc1cc(C)nn1-c1ccc(F)cc1. The van der Waals surface area contributed by atoms with Crippen molar-refractivity contribution in [3.63, 3.8) is 0 Å². The standard InChI is InChI=1S/C23H26FN5O3/c1-4-28(14-22(30)25-18-7-11-20(32-3)12-8-18)15-23(31)26-21-13-16(2)27-29(21)19-9-5-17(24)6-10-19/h5-13H,4,14-15H2,1-3H3,(H,25,30)(H,26,31). The minimum absolute atomic E-state index is 0.0280. The van der Waals surface area contributed by atoms with E-state index in [9.17, 15) is 14.0 Å². The molecule has 0 bridgehead atoms. The lowest BCUT2D eigenvalue weighted by Crippen LogP contribution is -2.38. The minimum Gasteiger partial charge on any atom is -0.497 e. The molecule has 0 spiro atoms. The van der Waals surface area contributed by atoms with E-state index >= 15 is 0 Å². The van der Waals surface area contributed by atoms with Gasteiger partial charge in [0.25, 0.3) is 0 Å². The fourth-order valence-electron chi connectivity index (χ4n) is 3.11. The quantitative estimate of drug-likeness (QED) is 0.535. The van der Waals surface area contributed by atoms with Crippen molar-refractivity contribution in [3.8, 4) is 11.4 Å². The molecule has 0 aliphatic rings. The van der Waals surface area contributed by atoms with Crippen molar-refractivity contribution in [3.05, 3.63) is 66.1 Å². The van der Waals surface area contributed by atoms with E-state index in [0.717, 1.165) is 0 Å². The molecule has 0 saturated carbocycles. The summed E-state index contributed by atoms with van der Waals surface area (Å²) in [6, 6.07) is 14.6. The van der Waals surface area contributed by atoms with Crippen molar-refractivity contribution in [2.24, 2.45) is 0 Å². The summed E-state index contributed by atoms with van der Waals surface area (Å²) in [5.41, 5.74) is 1.98. The minimum atomic E-state index is -0.352. The lowest BCUT2D eigenvalue weighted by molar-refractivity contribution is -0.119. The zero-order valence-electron chi connectivity index (χ0n) is 18.3. The summed E-state index contributed by atoms with van der Waals surface area (Å²) < 4.78 is 19.9. The Hall–Kier alpha value is -3.72. The summed E-state index contributed by atoms with van der Waals surface area (Å²) >= 11 is 0. The maximum atomic E-state index is 13.2. The molecule has 1 heterocycles. The van der Waals surface area contributed by atoms with E-state index in [4.69, 9.17) is 4.74 Å². The van der Waals surface area contributed by atoms with E-state index in [1.165, 1.54) is 12.1 Å². The van der Waals surface area contributed by atoms with Gasteiger partial charge in [-0.1, -0.05) is 6.92 Å². The Balaban J connectivity index is 1.59. The number of nitrogens with zero attached hydrogens (tertiary/aromatic N) is 3. The van der Waals surface area contributed by atoms with E-state index in [1.807, 2.05) is 6.92 Å². The van der Waals surface area contributed by atoms with Crippen LogP contribution in [0.5, 0.6) is 5.75 Å². The summed E-state index contributed by atoms with van der Waals surface area (Å²) in [7, 11) is 1.58. The summed E-state index contributed by atoms with van der Waals surface area (Å²) in [6.07, 6.45) is 0. The molecule has 3 aromatic rings. The van der Waals surface area contributed by atoms with E-state index in [1.54, 1.807) is 66.1 Å². The molecule has 1 aromatic heterocycles. The Labute approximate surface area is 186 Å². The smallest absolute Gasteiger partial charge is 0.239 e. The molecular weight excluding hydrogens is 413 g/mol. The average Bonchev–Trinajstić information content (AvgIpc) is 3.14. The predicted molar refractivity (Wildman–Crippen MR) is 121 cm³/mol. The van der Waals surface area contributed by atoms with Crippen LogP contribution < -0.4 is 15.4 Å². The van der Waals surface area contributed by atoms with Crippen LogP contribution in [0, 0.1) is 12.7 Å². The number of aromatic nitrogens is 2. The van der Waals surface area contributed by atoms with E-state index in [2.05, 4.69) is 15.7 Å². The van der Waals surface area contributed by atoms with Crippen molar-refractivity contribution in [2.75, 3.05) is 37.4 Å². The molecule has 3 rings (SSSR count). The van der Waals surface area contributed by atoms with E-state index in [0.29, 0.717) is 35.2 Å². The third kappa shape index (κ3) is 6.14. The molecule has 8 nitrogen and oxygen atoms in total. The highest BCUT2D eigenvalue weighted by Crippen LogP contribution is 2.18. The van der Waals surface area contributed by atoms with Crippen LogP contribution in [0.4, 0.5) is 15.9 Å². The molecular formula is C23H26FN5O3. The molecule has 32 heavy (non-hydrogen) atoms. The maximum absolute atomic E-state index is 13.2. The zero-order valence-corrected chi connectivity index (χ0v) is 18.3. The number of nitrogens with one attached hydrogen (secondary N) is 2. The number of amides is 2. The molecule has 0 unspecified atom stereocenters. The third-order valence-electron chi connectivity index (χ3n) is 4.73. The number of aryl methyl sites for hydroxylation is 1. The number of halogens is 1. The van der Waals surface area contributed by atoms with Crippen molar-refractivity contribution in [2.45, 2.75) is 13.8 Å². The van der Waals surface area contributed by atoms with Crippen LogP contribution in [0.2, 0.25) is 0 Å². The highest BCUT2D eigenvalue weighted by Gasteiger charge is 2.16. The van der Waals surface area contributed by atoms with Gasteiger partial charge in [-0.05, 0) is 62.0 Å². The number of carbonyl (C=O) groups is 2. The van der Waals surface area contributed by atoms with E-state index < -0.39 is 0 Å². The number of rotatable bonds is 9. The second kappa shape index (κ2) is 10.5. The largest absolute Gasteiger partial charge is 0.497 e. The van der Waals surface area contributed by atoms with Crippen LogP contribution in [0.3, 0.4) is 0 Å². The Kier molecular flexibility index (Phi) is 7.56. The Bertz CT molecular complexity index is 1060. The fourth-order valence-corrected chi connectivity index (χ4v) is 3.11. The fraction of sp³-hybridized carbons (Fsp3) is 0.261. The second-order valence-electron chi connectivity index (χ2n) is 7.19. The number of hydrogen-bond acceptors (Lipinski definition) is 5. The van der Waals surface area contributed by atoms with Crippen LogP contribution >= 0.6 is 0 Å². The summed E-state index contributed by atoms with van der Waals surface area (Å²) in [6.45, 7) is 4.28. The molecule has 0 radical (unpaired) electrons. The van der Waals surface area contributed by atoms with Crippen molar-refractivity contribution >= 4 is 23.3 Å². The Morgan fingerprint density at radius 1 is 1.03 bits per heavy atom. The topological polar surface area (TPSA) is 88.5 Å². The van der Waals surface area contributed by atoms with Crippen LogP contribution in [0.1, 0.15) is 12.6 Å². The van der Waals surface area contributed by atoms with Gasteiger partial charge in [-0.2, -0.15) is 5.10 Å². The molecule has 2 N–H and O–H groups in total. The van der Waals surface area contributed by atoms with E-state index in [-0.39, 0.29) is 30.7 Å². The Morgan fingerprint density at radius 2 is 1.66 bits per heavy atom. The van der Waals surface area contributed by atoms with Crippen molar-refractivity contribution in [1.29, 1.82) is 0 Å².